The average Bonchev–Trinajstić information content (AvgIpc) is 2.89. The quantitative estimate of drug-likeness (QED) is 0.791. The van der Waals surface area contributed by atoms with Crippen LogP contribution >= 0.6 is 0 Å². The lowest BCUT2D eigenvalue weighted by molar-refractivity contribution is 0.301. The molecule has 1 aromatic carbocycles. The van der Waals surface area contributed by atoms with Crippen molar-refractivity contribution in [3.05, 3.63) is 53.8 Å². The zero-order chi connectivity index (χ0) is 15.4. The van der Waals surface area contributed by atoms with Gasteiger partial charge in [-0.15, -0.1) is 0 Å². The van der Waals surface area contributed by atoms with E-state index in [1.807, 2.05) is 12.1 Å². The molecule has 2 aliphatic carbocycles. The van der Waals surface area contributed by atoms with E-state index in [0.29, 0.717) is 11.8 Å². The molecule has 2 heteroatoms. The summed E-state index contributed by atoms with van der Waals surface area (Å²) in [5, 5.41) is 0. The van der Waals surface area contributed by atoms with Crippen LogP contribution in [0.5, 0.6) is 0 Å². The van der Waals surface area contributed by atoms with Gasteiger partial charge in [0.2, 0.25) is 0 Å². The van der Waals surface area contributed by atoms with Crippen molar-refractivity contribution in [1.82, 2.24) is 0 Å². The summed E-state index contributed by atoms with van der Waals surface area (Å²) >= 11 is 0. The van der Waals surface area contributed by atoms with Gasteiger partial charge in [0, 0.05) is 17.3 Å². The third-order valence-electron chi connectivity index (χ3n) is 5.29. The second kappa shape index (κ2) is 7.04. The van der Waals surface area contributed by atoms with Crippen LogP contribution in [0.15, 0.2) is 48.2 Å². The zero-order valence-electron chi connectivity index (χ0n) is 13.4. The Morgan fingerprint density at radius 3 is 2.09 bits per heavy atom. The molecule has 1 aromatic rings. The van der Waals surface area contributed by atoms with Crippen LogP contribution in [0.1, 0.15) is 56.4 Å². The topological polar surface area (TPSA) is 52.0 Å². The van der Waals surface area contributed by atoms with Crippen molar-refractivity contribution in [2.75, 3.05) is 5.73 Å². The van der Waals surface area contributed by atoms with Crippen LogP contribution in [0.2, 0.25) is 0 Å². The number of anilines is 1. The molecular weight excluding hydrogens is 268 g/mol. The number of rotatable bonds is 3. The van der Waals surface area contributed by atoms with Crippen molar-refractivity contribution >= 4 is 5.69 Å². The summed E-state index contributed by atoms with van der Waals surface area (Å²) in [7, 11) is 0. The van der Waals surface area contributed by atoms with Crippen LogP contribution in [0.25, 0.3) is 0 Å². The first-order valence-electron chi connectivity index (χ1n) is 8.75. The molecule has 22 heavy (non-hydrogen) atoms. The molecule has 0 amide bonds. The van der Waals surface area contributed by atoms with E-state index in [1.165, 1.54) is 50.5 Å². The zero-order valence-corrected chi connectivity index (χ0v) is 13.4. The highest BCUT2D eigenvalue weighted by Gasteiger charge is 2.30. The van der Waals surface area contributed by atoms with Crippen LogP contribution in [0, 0.1) is 11.8 Å². The highest BCUT2D eigenvalue weighted by molar-refractivity contribution is 5.42. The maximum absolute atomic E-state index is 6.00. The standard InChI is InChI=1S/C20H28N2/c21-18-11-8-16(9-12-18)20(17-10-13-19(22)14-17)15-6-4-2-1-3-5-7-15/h8-15,17,20H,1-7,21-22H2. The van der Waals surface area contributed by atoms with Crippen molar-refractivity contribution < 1.29 is 0 Å². The smallest absolute Gasteiger partial charge is 0.0314 e. The molecule has 0 bridgehead atoms. The number of hydrogen-bond acceptors (Lipinski definition) is 2. The third-order valence-corrected chi connectivity index (χ3v) is 5.29. The van der Waals surface area contributed by atoms with Crippen LogP contribution in [0.3, 0.4) is 0 Å². The maximum Gasteiger partial charge on any atom is 0.0314 e. The number of nitrogens with two attached hydrogens (primary N) is 2. The molecule has 2 aliphatic rings. The Hall–Kier alpha value is -1.70. The lowest BCUT2D eigenvalue weighted by Gasteiger charge is -2.32. The largest absolute Gasteiger partial charge is 0.399 e. The highest BCUT2D eigenvalue weighted by Crippen LogP contribution is 2.42. The number of hydrogen-bond donors (Lipinski definition) is 2. The molecule has 2 unspecified atom stereocenters. The summed E-state index contributed by atoms with van der Waals surface area (Å²) in [6.45, 7) is 0. The molecule has 0 aliphatic heterocycles. The average molecular weight is 296 g/mol. The summed E-state index contributed by atoms with van der Waals surface area (Å²) < 4.78 is 0. The minimum Gasteiger partial charge on any atom is -0.399 e. The van der Waals surface area contributed by atoms with Gasteiger partial charge < -0.3 is 11.5 Å². The van der Waals surface area contributed by atoms with E-state index >= 15 is 0 Å². The van der Waals surface area contributed by atoms with Crippen molar-refractivity contribution in [3.63, 3.8) is 0 Å². The normalized spacial score (nSPS) is 24.5. The Morgan fingerprint density at radius 1 is 0.864 bits per heavy atom. The molecule has 0 radical (unpaired) electrons. The lowest BCUT2D eigenvalue weighted by Crippen LogP contribution is -2.20. The van der Waals surface area contributed by atoms with Gasteiger partial charge in [-0.05, 0) is 48.4 Å². The van der Waals surface area contributed by atoms with Gasteiger partial charge >= 0.3 is 0 Å². The molecule has 118 valence electrons. The SMILES string of the molecule is NC1=CC(C(c2ccc(N)cc2)C2CCCCCCC2)C=C1. The van der Waals surface area contributed by atoms with E-state index in [0.717, 1.165) is 17.3 Å². The minimum absolute atomic E-state index is 0.438. The van der Waals surface area contributed by atoms with Crippen LogP contribution in [-0.2, 0) is 0 Å². The molecule has 0 heterocycles. The van der Waals surface area contributed by atoms with Crippen molar-refractivity contribution in [2.24, 2.45) is 17.6 Å². The fourth-order valence-electron chi connectivity index (χ4n) is 4.15. The molecule has 4 N–H and O–H groups in total. The Labute approximate surface area is 134 Å². The molecule has 1 fully saturated rings. The van der Waals surface area contributed by atoms with E-state index in [-0.39, 0.29) is 0 Å². The number of nitrogen functional groups attached to an aromatic ring is 1. The van der Waals surface area contributed by atoms with Crippen LogP contribution in [0.4, 0.5) is 5.69 Å². The predicted octanol–water partition coefficient (Wildman–Crippen LogP) is 4.74. The molecule has 3 rings (SSSR count). The van der Waals surface area contributed by atoms with Gasteiger partial charge in [-0.1, -0.05) is 56.4 Å². The van der Waals surface area contributed by atoms with Gasteiger partial charge in [0.05, 0.1) is 0 Å². The summed E-state index contributed by atoms with van der Waals surface area (Å²) in [5.41, 5.74) is 15.1. The fraction of sp³-hybridized carbons (Fsp3) is 0.500. The monoisotopic (exact) mass is 296 g/mol. The molecule has 0 saturated heterocycles. The van der Waals surface area contributed by atoms with E-state index in [9.17, 15) is 0 Å². The van der Waals surface area contributed by atoms with E-state index in [4.69, 9.17) is 11.5 Å². The summed E-state index contributed by atoms with van der Waals surface area (Å²) in [4.78, 5) is 0. The second-order valence-electron chi connectivity index (χ2n) is 6.90. The Bertz CT molecular complexity index is 533. The van der Waals surface area contributed by atoms with Gasteiger partial charge in [0.1, 0.15) is 0 Å². The first-order valence-corrected chi connectivity index (χ1v) is 8.75. The van der Waals surface area contributed by atoms with Crippen LogP contribution in [-0.4, -0.2) is 0 Å². The second-order valence-corrected chi connectivity index (χ2v) is 6.90. The predicted molar refractivity (Wildman–Crippen MR) is 94.3 cm³/mol. The fourth-order valence-corrected chi connectivity index (χ4v) is 4.15. The van der Waals surface area contributed by atoms with Gasteiger partial charge in [-0.3, -0.25) is 0 Å². The van der Waals surface area contributed by atoms with E-state index in [2.05, 4.69) is 30.4 Å². The summed E-state index contributed by atoms with van der Waals surface area (Å²) in [6.07, 6.45) is 16.2. The molecule has 0 aromatic heterocycles. The van der Waals surface area contributed by atoms with E-state index < -0.39 is 0 Å². The van der Waals surface area contributed by atoms with Gasteiger partial charge in [-0.2, -0.15) is 0 Å². The molecular formula is C20H28N2. The van der Waals surface area contributed by atoms with Gasteiger partial charge in [0.15, 0.2) is 0 Å². The lowest BCUT2D eigenvalue weighted by atomic mass is 9.72. The van der Waals surface area contributed by atoms with Gasteiger partial charge in [-0.25, -0.2) is 0 Å². The molecule has 0 spiro atoms. The van der Waals surface area contributed by atoms with Gasteiger partial charge in [0.25, 0.3) is 0 Å². The minimum atomic E-state index is 0.438. The summed E-state index contributed by atoms with van der Waals surface area (Å²) in [5.74, 6) is 1.73. The highest BCUT2D eigenvalue weighted by atomic mass is 14.6. The first kappa shape index (κ1) is 15.2. The van der Waals surface area contributed by atoms with Crippen molar-refractivity contribution in [1.29, 1.82) is 0 Å². The summed E-state index contributed by atoms with van der Waals surface area (Å²) in [6, 6.07) is 8.51. The maximum atomic E-state index is 6.00. The first-order chi connectivity index (χ1) is 10.7. The van der Waals surface area contributed by atoms with E-state index in [1.54, 1.807) is 0 Å². The Kier molecular flexibility index (Phi) is 4.87. The number of allylic oxidation sites excluding steroid dienone is 3. The van der Waals surface area contributed by atoms with Crippen LogP contribution < -0.4 is 11.5 Å². The Balaban J connectivity index is 1.87. The molecule has 1 saturated carbocycles. The van der Waals surface area contributed by atoms with Crippen molar-refractivity contribution in [3.8, 4) is 0 Å². The Morgan fingerprint density at radius 2 is 1.50 bits per heavy atom. The third kappa shape index (κ3) is 3.55. The number of benzene rings is 1. The van der Waals surface area contributed by atoms with Crippen molar-refractivity contribution in [2.45, 2.75) is 50.9 Å². The molecule has 2 nitrogen and oxygen atoms in total. The molecule has 2 atom stereocenters.